The Bertz CT molecular complexity index is 231. The second kappa shape index (κ2) is 8.10. The Hall–Kier alpha value is -1.10. The van der Waals surface area contributed by atoms with Crippen LogP contribution in [-0.2, 0) is 9.59 Å². The third kappa shape index (κ3) is 5.70. The minimum Gasteiger partial charge on any atom is -0.354 e. The first-order valence-electron chi connectivity index (χ1n) is 5.75. The maximum atomic E-state index is 11.6. The lowest BCUT2D eigenvalue weighted by molar-refractivity contribution is -0.130. The summed E-state index contributed by atoms with van der Waals surface area (Å²) >= 11 is 0. The molecule has 2 atom stereocenters. The quantitative estimate of drug-likeness (QED) is 0.569. The third-order valence-electron chi connectivity index (χ3n) is 2.26. The number of nitrogens with one attached hydrogen (secondary N) is 3. The molecule has 5 nitrogen and oxygen atoms in total. The number of amides is 2. The molecule has 0 heterocycles. The number of carbonyl (C=O) groups excluding carboxylic acids is 2. The summed E-state index contributed by atoms with van der Waals surface area (Å²) in [6.45, 7) is 6.75. The molecule has 5 heteroatoms. The van der Waals surface area contributed by atoms with Crippen molar-refractivity contribution >= 4 is 11.8 Å². The summed E-state index contributed by atoms with van der Waals surface area (Å²) in [5, 5.41) is 8.34. The summed E-state index contributed by atoms with van der Waals surface area (Å²) in [4.78, 5) is 23.1. The fraction of sp³-hybridized carbons (Fsp3) is 0.818. The molecule has 0 aromatic carbocycles. The lowest BCUT2D eigenvalue weighted by atomic mass is 10.1. The van der Waals surface area contributed by atoms with Crippen LogP contribution in [0.2, 0.25) is 0 Å². The van der Waals surface area contributed by atoms with Gasteiger partial charge in [0.25, 0.3) is 0 Å². The van der Waals surface area contributed by atoms with E-state index >= 15 is 0 Å². The predicted octanol–water partition coefficient (Wildman–Crippen LogP) is -0.127. The smallest absolute Gasteiger partial charge is 0.242 e. The van der Waals surface area contributed by atoms with E-state index < -0.39 is 6.04 Å². The molecule has 0 aliphatic carbocycles. The molecule has 3 N–H and O–H groups in total. The highest BCUT2D eigenvalue weighted by Crippen LogP contribution is 1.94. The van der Waals surface area contributed by atoms with E-state index in [1.54, 1.807) is 14.0 Å². The predicted molar refractivity (Wildman–Crippen MR) is 64.0 cm³/mol. The van der Waals surface area contributed by atoms with Crippen molar-refractivity contribution in [3.05, 3.63) is 0 Å². The lowest BCUT2D eigenvalue weighted by Crippen LogP contribution is -2.47. The van der Waals surface area contributed by atoms with E-state index in [4.69, 9.17) is 0 Å². The molecule has 0 spiro atoms. The van der Waals surface area contributed by atoms with Crippen molar-refractivity contribution in [3.63, 3.8) is 0 Å². The first kappa shape index (κ1) is 14.9. The van der Waals surface area contributed by atoms with Gasteiger partial charge in [0.2, 0.25) is 11.8 Å². The van der Waals surface area contributed by atoms with E-state index in [1.807, 2.05) is 13.8 Å². The first-order valence-corrected chi connectivity index (χ1v) is 5.75. The summed E-state index contributed by atoms with van der Waals surface area (Å²) < 4.78 is 0. The zero-order valence-corrected chi connectivity index (χ0v) is 10.6. The van der Waals surface area contributed by atoms with Crippen LogP contribution in [-0.4, -0.2) is 38.0 Å². The van der Waals surface area contributed by atoms with Gasteiger partial charge in [0.05, 0.1) is 0 Å². The molecule has 0 aromatic rings. The van der Waals surface area contributed by atoms with E-state index in [1.165, 1.54) is 0 Å². The van der Waals surface area contributed by atoms with Crippen LogP contribution >= 0.6 is 0 Å². The summed E-state index contributed by atoms with van der Waals surface area (Å²) in [6, 6.07) is -0.474. The molecular formula is C11H23N3O2. The van der Waals surface area contributed by atoms with E-state index in [2.05, 4.69) is 16.0 Å². The Labute approximate surface area is 97.4 Å². The van der Waals surface area contributed by atoms with Gasteiger partial charge >= 0.3 is 0 Å². The van der Waals surface area contributed by atoms with Crippen molar-refractivity contribution in [3.8, 4) is 0 Å². The average molecular weight is 229 g/mol. The molecule has 16 heavy (non-hydrogen) atoms. The Morgan fingerprint density at radius 1 is 1.19 bits per heavy atom. The number of rotatable bonds is 7. The van der Waals surface area contributed by atoms with E-state index in [-0.39, 0.29) is 17.7 Å². The van der Waals surface area contributed by atoms with Crippen LogP contribution in [0.15, 0.2) is 0 Å². The highest BCUT2D eigenvalue weighted by atomic mass is 16.2. The third-order valence-corrected chi connectivity index (χ3v) is 2.26. The van der Waals surface area contributed by atoms with E-state index in [0.717, 1.165) is 6.42 Å². The molecule has 0 fully saturated rings. The summed E-state index contributed by atoms with van der Waals surface area (Å²) in [7, 11) is 1.79. The number of hydrogen-bond acceptors (Lipinski definition) is 3. The van der Waals surface area contributed by atoms with Gasteiger partial charge in [0.15, 0.2) is 0 Å². The van der Waals surface area contributed by atoms with Gasteiger partial charge in [-0.25, -0.2) is 0 Å². The van der Waals surface area contributed by atoms with Gasteiger partial charge in [-0.1, -0.05) is 13.8 Å². The highest BCUT2D eigenvalue weighted by molar-refractivity contribution is 5.88. The zero-order chi connectivity index (χ0) is 12.6. The van der Waals surface area contributed by atoms with Crippen molar-refractivity contribution in [2.75, 3.05) is 20.1 Å². The SMILES string of the molecule is CCCNC(=O)C(C)NC(=O)C(C)CNC. The average Bonchev–Trinajstić information content (AvgIpc) is 2.25. The van der Waals surface area contributed by atoms with Crippen LogP contribution < -0.4 is 16.0 Å². The van der Waals surface area contributed by atoms with Crippen LogP contribution in [0.5, 0.6) is 0 Å². The largest absolute Gasteiger partial charge is 0.354 e. The van der Waals surface area contributed by atoms with Crippen molar-refractivity contribution in [1.82, 2.24) is 16.0 Å². The van der Waals surface area contributed by atoms with Gasteiger partial charge in [0.1, 0.15) is 6.04 Å². The van der Waals surface area contributed by atoms with Crippen molar-refractivity contribution in [2.45, 2.75) is 33.2 Å². The van der Waals surface area contributed by atoms with Crippen molar-refractivity contribution < 1.29 is 9.59 Å². The molecule has 2 unspecified atom stereocenters. The van der Waals surface area contributed by atoms with Gasteiger partial charge in [-0.15, -0.1) is 0 Å². The highest BCUT2D eigenvalue weighted by Gasteiger charge is 2.18. The van der Waals surface area contributed by atoms with Crippen LogP contribution in [0.3, 0.4) is 0 Å². The molecule has 0 aromatic heterocycles. The normalized spacial score (nSPS) is 14.0. The zero-order valence-electron chi connectivity index (χ0n) is 10.6. The molecule has 94 valence electrons. The van der Waals surface area contributed by atoms with Gasteiger partial charge in [-0.05, 0) is 20.4 Å². The number of hydrogen-bond donors (Lipinski definition) is 3. The minimum atomic E-state index is -0.474. The molecule has 0 bridgehead atoms. The van der Waals surface area contributed by atoms with Gasteiger partial charge in [0, 0.05) is 19.0 Å². The Morgan fingerprint density at radius 3 is 2.31 bits per heavy atom. The Morgan fingerprint density at radius 2 is 1.81 bits per heavy atom. The first-order chi connectivity index (χ1) is 7.52. The maximum Gasteiger partial charge on any atom is 0.242 e. The Kier molecular flexibility index (Phi) is 7.54. The topological polar surface area (TPSA) is 70.2 Å². The molecule has 0 aliphatic rings. The molecule has 0 aliphatic heterocycles. The second-order valence-corrected chi connectivity index (χ2v) is 3.98. The molecular weight excluding hydrogens is 206 g/mol. The van der Waals surface area contributed by atoms with Gasteiger partial charge < -0.3 is 16.0 Å². The molecule has 0 saturated heterocycles. The van der Waals surface area contributed by atoms with Crippen LogP contribution in [0, 0.1) is 5.92 Å². The summed E-state index contributed by atoms with van der Waals surface area (Å²) in [6.07, 6.45) is 0.891. The number of carbonyl (C=O) groups is 2. The van der Waals surface area contributed by atoms with E-state index in [0.29, 0.717) is 13.1 Å². The summed E-state index contributed by atoms with van der Waals surface area (Å²) in [5.74, 6) is -0.369. The van der Waals surface area contributed by atoms with E-state index in [9.17, 15) is 9.59 Å². The lowest BCUT2D eigenvalue weighted by Gasteiger charge is -2.17. The Balaban J connectivity index is 3.98. The molecule has 0 radical (unpaired) electrons. The standard InChI is InChI=1S/C11H23N3O2/c1-5-6-13-11(16)9(3)14-10(15)8(2)7-12-4/h8-9,12H,5-7H2,1-4H3,(H,13,16)(H,14,15). The van der Waals surface area contributed by atoms with Crippen LogP contribution in [0.25, 0.3) is 0 Å². The summed E-state index contributed by atoms with van der Waals surface area (Å²) in [5.41, 5.74) is 0. The van der Waals surface area contributed by atoms with Gasteiger partial charge in [-0.2, -0.15) is 0 Å². The fourth-order valence-electron chi connectivity index (χ4n) is 1.22. The fourth-order valence-corrected chi connectivity index (χ4v) is 1.22. The monoisotopic (exact) mass is 229 g/mol. The molecule has 2 amide bonds. The van der Waals surface area contributed by atoms with Crippen molar-refractivity contribution in [2.24, 2.45) is 5.92 Å². The van der Waals surface area contributed by atoms with Gasteiger partial charge in [-0.3, -0.25) is 9.59 Å². The van der Waals surface area contributed by atoms with Crippen molar-refractivity contribution in [1.29, 1.82) is 0 Å². The second-order valence-electron chi connectivity index (χ2n) is 3.98. The molecule has 0 rings (SSSR count). The minimum absolute atomic E-state index is 0.103. The molecule has 0 saturated carbocycles. The van der Waals surface area contributed by atoms with Crippen LogP contribution in [0.1, 0.15) is 27.2 Å². The maximum absolute atomic E-state index is 11.6. The van der Waals surface area contributed by atoms with Crippen LogP contribution in [0.4, 0.5) is 0 Å².